The maximum absolute atomic E-state index is 13.2. The van der Waals surface area contributed by atoms with Crippen molar-refractivity contribution < 1.29 is 29.0 Å². The number of anilines is 1. The number of para-hydroxylation sites is 1. The van der Waals surface area contributed by atoms with Gasteiger partial charge < -0.3 is 20.0 Å². The minimum atomic E-state index is -0.595. The number of hydrazine groups is 1. The minimum absolute atomic E-state index is 0.104. The molecule has 1 aromatic carbocycles. The van der Waals surface area contributed by atoms with Gasteiger partial charge in [-0.2, -0.15) is 4.79 Å². The van der Waals surface area contributed by atoms with E-state index in [-0.39, 0.29) is 30.8 Å². The van der Waals surface area contributed by atoms with Crippen LogP contribution in [0, 0.1) is 11.8 Å². The normalized spacial score (nSPS) is 37.3. The average molecular weight is 568 g/mol. The lowest BCUT2D eigenvalue weighted by molar-refractivity contribution is -0.565. The number of fused-ring (bicyclic) bond motifs is 2. The van der Waals surface area contributed by atoms with Crippen LogP contribution in [0.4, 0.5) is 15.3 Å². The van der Waals surface area contributed by atoms with Gasteiger partial charge in [-0.25, -0.2) is 4.79 Å². The van der Waals surface area contributed by atoms with Crippen molar-refractivity contribution in [2.24, 2.45) is 17.0 Å². The molecule has 2 N–H and O–H groups in total. The summed E-state index contributed by atoms with van der Waals surface area (Å²) in [4.78, 5) is 35.8. The van der Waals surface area contributed by atoms with Gasteiger partial charge in [-0.05, 0) is 70.5 Å². The van der Waals surface area contributed by atoms with Crippen molar-refractivity contribution in [2.75, 3.05) is 24.5 Å². The summed E-state index contributed by atoms with van der Waals surface area (Å²) in [7, 11) is 0. The number of imide groups is 1. The maximum Gasteiger partial charge on any atom is 0.531 e. The van der Waals surface area contributed by atoms with E-state index >= 15 is 0 Å². The predicted octanol–water partition coefficient (Wildman–Crippen LogP) is 2.83. The Morgan fingerprint density at radius 1 is 1.24 bits per heavy atom. The maximum atomic E-state index is 13.2. The number of nitrogens with zero attached hydrogens (tertiary/aromatic N) is 5. The Kier molecular flexibility index (Phi) is 7.88. The Hall–Kier alpha value is -2.86. The highest BCUT2D eigenvalue weighted by Gasteiger charge is 2.56. The standard InChI is InChI=1S/C30H43N6O5/c1-18-15-24-23(31-20(18)3)11-8-13-34(24)17-19(2)41-32-26-21(16-25(37)27-28(26)40-27)12-14-35-30(39)36(29(38)33(35)4)22-9-6-5-7-10-22/h5-7,9-10,18-21,23-25,27-28,31,37H,4,8,11-17H2,1-3H3/q+1/b32-26-/t18?,19?,20?,21-,23?,24?,25-,27-,28+/m0/s1. The monoisotopic (exact) mass is 567 g/mol. The van der Waals surface area contributed by atoms with Crippen molar-refractivity contribution in [2.45, 2.75) is 95.4 Å². The topological polar surface area (TPSA) is 113 Å². The van der Waals surface area contributed by atoms with Crippen LogP contribution < -0.4 is 10.2 Å². The van der Waals surface area contributed by atoms with Gasteiger partial charge in [-0.1, -0.05) is 35.0 Å². The number of nitrogens with one attached hydrogen (secondary N) is 1. The summed E-state index contributed by atoms with van der Waals surface area (Å²) < 4.78 is 6.87. The molecule has 11 nitrogen and oxygen atoms in total. The summed E-state index contributed by atoms with van der Waals surface area (Å²) in [6.45, 7) is 12.6. The number of amides is 4. The van der Waals surface area contributed by atoms with E-state index in [1.54, 1.807) is 24.3 Å². The van der Waals surface area contributed by atoms with Gasteiger partial charge in [0.15, 0.2) is 0 Å². The van der Waals surface area contributed by atoms with E-state index in [1.165, 1.54) is 24.3 Å². The molecule has 222 valence electrons. The molecule has 0 radical (unpaired) electrons. The second kappa shape index (κ2) is 11.4. The van der Waals surface area contributed by atoms with Crippen molar-refractivity contribution in [3.8, 4) is 0 Å². The first-order valence-corrected chi connectivity index (χ1v) is 15.1. The molecule has 1 saturated carbocycles. The van der Waals surface area contributed by atoms with Crippen LogP contribution in [0.1, 0.15) is 52.9 Å². The SMILES string of the molecule is C=[N+]1C(=O)N(c2ccccc2)C(=O)N1CC[C@H]1C[C@H](O)[C@@H]2O[C@@H]2/C1=N\OC(C)CN1CCCC2NC(C)C(C)CC21. The van der Waals surface area contributed by atoms with Crippen LogP contribution in [0.15, 0.2) is 35.5 Å². The lowest BCUT2D eigenvalue weighted by Crippen LogP contribution is -2.62. The molecule has 5 fully saturated rings. The van der Waals surface area contributed by atoms with Crippen LogP contribution in [0.3, 0.4) is 0 Å². The van der Waals surface area contributed by atoms with Gasteiger partial charge in [0.1, 0.15) is 24.0 Å². The average Bonchev–Trinajstić information content (AvgIpc) is 3.72. The van der Waals surface area contributed by atoms with E-state index in [1.807, 2.05) is 6.07 Å². The Morgan fingerprint density at radius 3 is 2.80 bits per heavy atom. The molecule has 0 spiro atoms. The molecule has 1 aliphatic carbocycles. The van der Waals surface area contributed by atoms with Crippen LogP contribution in [0.2, 0.25) is 0 Å². The van der Waals surface area contributed by atoms with Gasteiger partial charge in [-0.15, -0.1) is 9.91 Å². The van der Waals surface area contributed by atoms with Gasteiger partial charge >= 0.3 is 12.1 Å². The van der Waals surface area contributed by atoms with E-state index in [2.05, 4.69) is 42.9 Å². The number of oxime groups is 1. The highest BCUT2D eigenvalue weighted by molar-refractivity contribution is 6.13. The largest absolute Gasteiger partial charge is 0.531 e. The number of hydrazone groups is 1. The third-order valence-electron chi connectivity index (χ3n) is 9.63. The predicted molar refractivity (Wildman–Crippen MR) is 154 cm³/mol. The summed E-state index contributed by atoms with van der Waals surface area (Å²) >= 11 is 0. The Balaban J connectivity index is 1.09. The number of carbonyl (C=O) groups excluding carboxylic acids is 2. The number of likely N-dealkylation sites (tertiary alicyclic amines) is 1. The number of epoxide rings is 1. The third-order valence-corrected chi connectivity index (χ3v) is 9.63. The summed E-state index contributed by atoms with van der Waals surface area (Å²) in [6.07, 6.45) is 3.33. The second-order valence-electron chi connectivity index (χ2n) is 12.5. The molecule has 0 aromatic heterocycles. The lowest BCUT2D eigenvalue weighted by Gasteiger charge is -2.49. The molecule has 4 aliphatic heterocycles. The zero-order valence-electron chi connectivity index (χ0n) is 24.3. The van der Waals surface area contributed by atoms with Crippen LogP contribution in [-0.2, 0) is 9.57 Å². The Bertz CT molecular complexity index is 1200. The number of benzene rings is 1. The summed E-state index contributed by atoms with van der Waals surface area (Å²) in [5.41, 5.74) is 1.28. The van der Waals surface area contributed by atoms with Gasteiger partial charge in [0.2, 0.25) is 0 Å². The fourth-order valence-corrected chi connectivity index (χ4v) is 7.10. The fraction of sp³-hybridized carbons (Fsp3) is 0.667. The number of aliphatic hydroxyl groups is 1. The zero-order valence-corrected chi connectivity index (χ0v) is 24.3. The minimum Gasteiger partial charge on any atom is -0.391 e. The first-order chi connectivity index (χ1) is 19.7. The molecule has 11 heteroatoms. The number of hydrogen-bond acceptors (Lipinski definition) is 8. The second-order valence-corrected chi connectivity index (χ2v) is 12.5. The smallest absolute Gasteiger partial charge is 0.391 e. The van der Waals surface area contributed by atoms with E-state index in [0.717, 1.165) is 28.4 Å². The van der Waals surface area contributed by atoms with Crippen molar-refractivity contribution >= 4 is 30.2 Å². The number of rotatable bonds is 8. The third kappa shape index (κ3) is 5.52. The lowest BCUT2D eigenvalue weighted by atomic mass is 9.81. The van der Waals surface area contributed by atoms with E-state index in [4.69, 9.17) is 9.57 Å². The number of ether oxygens (including phenoxy) is 1. The Morgan fingerprint density at radius 2 is 2.02 bits per heavy atom. The number of urea groups is 2. The molecule has 5 aliphatic rings. The fourth-order valence-electron chi connectivity index (χ4n) is 7.10. The number of piperidine rings is 2. The first-order valence-electron chi connectivity index (χ1n) is 15.1. The van der Waals surface area contributed by atoms with Crippen molar-refractivity contribution in [1.29, 1.82) is 0 Å². The summed E-state index contributed by atoms with van der Waals surface area (Å²) in [5.74, 6) is 0.491. The van der Waals surface area contributed by atoms with E-state index < -0.39 is 18.2 Å². The quantitative estimate of drug-likeness (QED) is 0.282. The first kappa shape index (κ1) is 28.3. The molecule has 0 bridgehead atoms. The zero-order chi connectivity index (χ0) is 28.8. The van der Waals surface area contributed by atoms with Crippen molar-refractivity contribution in [3.63, 3.8) is 0 Å². The molecule has 1 aromatic rings. The Labute approximate surface area is 241 Å². The van der Waals surface area contributed by atoms with Gasteiger partial charge in [0.05, 0.1) is 25.1 Å². The van der Waals surface area contributed by atoms with Crippen molar-refractivity contribution in [3.05, 3.63) is 30.3 Å². The summed E-state index contributed by atoms with van der Waals surface area (Å²) in [5, 5.41) is 20.4. The highest BCUT2D eigenvalue weighted by Crippen LogP contribution is 2.40. The van der Waals surface area contributed by atoms with Crippen LogP contribution in [0.5, 0.6) is 0 Å². The number of hydrogen-bond donors (Lipinski definition) is 2. The molecule has 5 unspecified atom stereocenters. The molecule has 41 heavy (non-hydrogen) atoms. The number of carbonyl (C=O) groups is 2. The van der Waals surface area contributed by atoms with Crippen molar-refractivity contribution in [1.82, 2.24) is 15.2 Å². The molecule has 4 amide bonds. The van der Waals surface area contributed by atoms with Crippen LogP contribution in [-0.4, -0.2) is 106 Å². The van der Waals surface area contributed by atoms with Crippen LogP contribution in [0.25, 0.3) is 0 Å². The van der Waals surface area contributed by atoms with Gasteiger partial charge in [-0.3, -0.25) is 4.90 Å². The molecular formula is C30H43N6O5+. The highest BCUT2D eigenvalue weighted by atomic mass is 16.6. The molecule has 9 atom stereocenters. The van der Waals surface area contributed by atoms with Gasteiger partial charge in [0.25, 0.3) is 0 Å². The number of aliphatic hydroxyl groups excluding tert-OH is 1. The molecule has 4 heterocycles. The van der Waals surface area contributed by atoms with E-state index in [9.17, 15) is 14.7 Å². The van der Waals surface area contributed by atoms with Crippen LogP contribution >= 0.6 is 0 Å². The molecule has 6 rings (SSSR count). The molecular weight excluding hydrogens is 524 g/mol. The van der Waals surface area contributed by atoms with E-state index in [0.29, 0.717) is 42.6 Å². The van der Waals surface area contributed by atoms with Gasteiger partial charge in [0, 0.05) is 30.6 Å². The summed E-state index contributed by atoms with van der Waals surface area (Å²) in [6, 6.07) is 9.47. The molecule has 4 saturated heterocycles.